The third-order valence-electron chi connectivity index (χ3n) is 7.18. The monoisotopic (exact) mass is 535 g/mol. The van der Waals surface area contributed by atoms with Crippen LogP contribution in [0.1, 0.15) is 0 Å². The van der Waals surface area contributed by atoms with Crippen LogP contribution in [-0.4, -0.2) is 14.5 Å². The Balaban J connectivity index is 1.44. The molecule has 3 nitrogen and oxygen atoms in total. The number of rotatable bonds is 4. The number of hydrogen-bond donors (Lipinski definition) is 0. The Bertz CT molecular complexity index is 2090. The van der Waals surface area contributed by atoms with Gasteiger partial charge in [-0.2, -0.15) is 0 Å². The van der Waals surface area contributed by atoms with Crippen LogP contribution in [0.5, 0.6) is 0 Å². The van der Waals surface area contributed by atoms with E-state index in [1.165, 1.54) is 36.9 Å². The van der Waals surface area contributed by atoms with Crippen LogP contribution in [0, 0.1) is 0 Å². The van der Waals surface area contributed by atoms with Crippen LogP contribution < -0.4 is 0 Å². The van der Waals surface area contributed by atoms with Crippen LogP contribution in [0.15, 0.2) is 127 Å². The van der Waals surface area contributed by atoms with Gasteiger partial charge in [0.05, 0.1) is 26.9 Å². The molecule has 4 aromatic carbocycles. The van der Waals surface area contributed by atoms with Gasteiger partial charge in [0.2, 0.25) is 0 Å². The van der Waals surface area contributed by atoms with Gasteiger partial charge in [0.25, 0.3) is 0 Å². The Kier molecular flexibility index (Phi) is 5.18. The number of thiophene rings is 1. The molecule has 0 bridgehead atoms. The number of fused-ring (bicyclic) bond motifs is 4. The van der Waals surface area contributed by atoms with Gasteiger partial charge in [-0.3, -0.25) is 4.98 Å². The van der Waals surface area contributed by atoms with Crippen molar-refractivity contribution in [3.8, 4) is 38.0 Å². The Morgan fingerprint density at radius 2 is 1.59 bits per heavy atom. The van der Waals surface area contributed by atoms with E-state index in [9.17, 15) is 0 Å². The van der Waals surface area contributed by atoms with Crippen LogP contribution in [-0.2, 0) is 0 Å². The third-order valence-corrected chi connectivity index (χ3v) is 9.17. The predicted octanol–water partition coefficient (Wildman–Crippen LogP) is 9.85. The number of thiazole rings is 1. The summed E-state index contributed by atoms with van der Waals surface area (Å²) < 4.78 is 3.62. The minimum Gasteiger partial charge on any atom is -0.309 e. The molecular weight excluding hydrogens is 515 g/mol. The summed E-state index contributed by atoms with van der Waals surface area (Å²) in [5, 5.41) is 5.66. The molecule has 0 aliphatic carbocycles. The van der Waals surface area contributed by atoms with Crippen LogP contribution >= 0.6 is 22.7 Å². The van der Waals surface area contributed by atoms with E-state index in [4.69, 9.17) is 4.98 Å². The highest BCUT2D eigenvalue weighted by molar-refractivity contribution is 7.21. The molecular formula is C34H21N3S2. The molecule has 0 saturated heterocycles. The van der Waals surface area contributed by atoms with E-state index in [0.29, 0.717) is 0 Å². The molecule has 0 saturated carbocycles. The molecule has 39 heavy (non-hydrogen) atoms. The van der Waals surface area contributed by atoms with Crippen molar-refractivity contribution in [1.29, 1.82) is 0 Å². The maximum atomic E-state index is 4.96. The summed E-state index contributed by atoms with van der Waals surface area (Å²) in [6.07, 6.45) is 1.85. The zero-order valence-electron chi connectivity index (χ0n) is 20.8. The van der Waals surface area contributed by atoms with Crippen LogP contribution in [0.4, 0.5) is 0 Å². The second-order valence-corrected chi connectivity index (χ2v) is 11.5. The fourth-order valence-corrected chi connectivity index (χ4v) is 7.15. The molecule has 8 rings (SSSR count). The smallest absolute Gasteiger partial charge is 0.124 e. The fraction of sp³-hybridized carbons (Fsp3) is 0. The average molecular weight is 536 g/mol. The van der Waals surface area contributed by atoms with Gasteiger partial charge in [-0.25, -0.2) is 4.98 Å². The second kappa shape index (κ2) is 9.02. The van der Waals surface area contributed by atoms with Crippen LogP contribution in [0.3, 0.4) is 0 Å². The van der Waals surface area contributed by atoms with Gasteiger partial charge in [-0.15, -0.1) is 22.7 Å². The van der Waals surface area contributed by atoms with Gasteiger partial charge in [0, 0.05) is 44.2 Å². The minimum absolute atomic E-state index is 0.966. The van der Waals surface area contributed by atoms with Crippen molar-refractivity contribution >= 4 is 54.7 Å². The standard InChI is InChI=1S/C34H21N3S2/c1-2-14-32-29(13-1)36-34(39-32)23-16-17-25-26-10-6-11-27(31-15-7-19-38-31)33(26)37(30(25)21-23)24-9-5-8-22(20-24)28-12-3-4-18-35-28/h1-21H. The lowest BCUT2D eigenvalue weighted by molar-refractivity contribution is 1.18. The number of nitrogens with zero attached hydrogens (tertiary/aromatic N) is 3. The van der Waals surface area contributed by atoms with Crippen molar-refractivity contribution in [1.82, 2.24) is 14.5 Å². The van der Waals surface area contributed by atoms with Gasteiger partial charge >= 0.3 is 0 Å². The third kappa shape index (κ3) is 3.70. The van der Waals surface area contributed by atoms with Gasteiger partial charge < -0.3 is 4.57 Å². The number of hydrogen-bond acceptors (Lipinski definition) is 4. The summed E-state index contributed by atoms with van der Waals surface area (Å²) in [6, 6.07) is 40.9. The Morgan fingerprint density at radius 3 is 2.46 bits per heavy atom. The van der Waals surface area contributed by atoms with Crippen molar-refractivity contribution in [3.05, 3.63) is 127 Å². The SMILES string of the molecule is c1ccc(-c2cccc(-n3c4cc(-c5nc6ccccc6s5)ccc4c4cccc(-c5cccs5)c43)c2)nc1. The largest absolute Gasteiger partial charge is 0.309 e. The number of para-hydroxylation sites is 2. The lowest BCUT2D eigenvalue weighted by Gasteiger charge is -2.12. The molecule has 0 unspecified atom stereocenters. The first kappa shape index (κ1) is 22.4. The van der Waals surface area contributed by atoms with E-state index in [1.807, 2.05) is 24.4 Å². The molecule has 4 aromatic heterocycles. The Labute approximate surface area is 233 Å². The van der Waals surface area contributed by atoms with Crippen molar-refractivity contribution in [2.24, 2.45) is 0 Å². The minimum atomic E-state index is 0.966. The van der Waals surface area contributed by atoms with E-state index in [2.05, 4.69) is 112 Å². The van der Waals surface area contributed by atoms with E-state index >= 15 is 0 Å². The zero-order chi connectivity index (χ0) is 25.8. The highest BCUT2D eigenvalue weighted by Crippen LogP contribution is 2.41. The summed E-state index contributed by atoms with van der Waals surface area (Å²) in [5.41, 5.74) is 8.98. The van der Waals surface area contributed by atoms with E-state index < -0.39 is 0 Å². The molecule has 0 spiro atoms. The second-order valence-electron chi connectivity index (χ2n) is 9.50. The first-order valence-corrected chi connectivity index (χ1v) is 14.5. The molecule has 0 amide bonds. The lowest BCUT2D eigenvalue weighted by Crippen LogP contribution is -1.96. The van der Waals surface area contributed by atoms with Gasteiger partial charge in [-0.05, 0) is 53.9 Å². The molecule has 0 aliphatic rings. The molecule has 4 heterocycles. The van der Waals surface area contributed by atoms with Crippen LogP contribution in [0.25, 0.3) is 70.0 Å². The summed E-state index contributed by atoms with van der Waals surface area (Å²) in [4.78, 5) is 10.8. The quantitative estimate of drug-likeness (QED) is 0.224. The summed E-state index contributed by atoms with van der Waals surface area (Å²) >= 11 is 3.52. The van der Waals surface area contributed by atoms with Gasteiger partial charge in [-0.1, -0.05) is 66.7 Å². The first-order chi connectivity index (χ1) is 19.3. The molecule has 0 atom stereocenters. The molecule has 0 radical (unpaired) electrons. The van der Waals surface area contributed by atoms with Crippen molar-refractivity contribution in [2.75, 3.05) is 0 Å². The lowest BCUT2D eigenvalue weighted by atomic mass is 10.1. The predicted molar refractivity (Wildman–Crippen MR) is 166 cm³/mol. The van der Waals surface area contributed by atoms with Crippen molar-refractivity contribution in [3.63, 3.8) is 0 Å². The number of aromatic nitrogens is 3. The van der Waals surface area contributed by atoms with Gasteiger partial charge in [0.1, 0.15) is 5.01 Å². The number of pyridine rings is 1. The summed E-state index contributed by atoms with van der Waals surface area (Å²) in [6.45, 7) is 0. The maximum absolute atomic E-state index is 4.96. The summed E-state index contributed by atoms with van der Waals surface area (Å²) in [5.74, 6) is 0. The summed E-state index contributed by atoms with van der Waals surface area (Å²) in [7, 11) is 0. The Morgan fingerprint density at radius 1 is 0.667 bits per heavy atom. The van der Waals surface area contributed by atoms with E-state index in [-0.39, 0.29) is 0 Å². The van der Waals surface area contributed by atoms with Crippen molar-refractivity contribution in [2.45, 2.75) is 0 Å². The highest BCUT2D eigenvalue weighted by atomic mass is 32.1. The Hall–Kier alpha value is -4.58. The molecule has 5 heteroatoms. The topological polar surface area (TPSA) is 30.7 Å². The van der Waals surface area contributed by atoms with E-state index in [1.54, 1.807) is 22.7 Å². The molecule has 0 fully saturated rings. The molecule has 0 aliphatic heterocycles. The van der Waals surface area contributed by atoms with Crippen LogP contribution in [0.2, 0.25) is 0 Å². The van der Waals surface area contributed by atoms with Crippen molar-refractivity contribution < 1.29 is 0 Å². The molecule has 184 valence electrons. The maximum Gasteiger partial charge on any atom is 0.124 e. The molecule has 0 N–H and O–H groups in total. The zero-order valence-corrected chi connectivity index (χ0v) is 22.4. The van der Waals surface area contributed by atoms with E-state index in [0.717, 1.165) is 33.0 Å². The first-order valence-electron chi connectivity index (χ1n) is 12.8. The van der Waals surface area contributed by atoms with Gasteiger partial charge in [0.15, 0.2) is 0 Å². The average Bonchev–Trinajstić information content (AvgIpc) is 3.75. The molecule has 8 aromatic rings. The highest BCUT2D eigenvalue weighted by Gasteiger charge is 2.19. The number of benzene rings is 4. The fourth-order valence-electron chi connectivity index (χ4n) is 5.43. The normalized spacial score (nSPS) is 11.6.